The second-order valence-electron chi connectivity index (χ2n) is 3.02. The maximum atomic E-state index is 5.70. The molecule has 1 fully saturated rings. The second kappa shape index (κ2) is 11.0. The summed E-state index contributed by atoms with van der Waals surface area (Å²) in [6, 6.07) is 0.520. The van der Waals surface area contributed by atoms with Crippen molar-refractivity contribution < 1.29 is 0 Å². The van der Waals surface area contributed by atoms with Crippen molar-refractivity contribution in [3.05, 3.63) is 0 Å². The van der Waals surface area contributed by atoms with Gasteiger partial charge in [-0.1, -0.05) is 34.6 Å². The maximum Gasteiger partial charge on any atom is 0.00390 e. The van der Waals surface area contributed by atoms with Gasteiger partial charge in [-0.15, -0.1) is 0 Å². The van der Waals surface area contributed by atoms with Gasteiger partial charge in [-0.05, 0) is 31.6 Å². The standard InChI is InChI=1S/C7H15N.2C2H6/c1-6-2-4-7(8)5-3-6;2*1-2/h6-7H,2-5,8H2,1H3;2*1-2H3. The Morgan fingerprint density at radius 3 is 1.42 bits per heavy atom. The molecular weight excluding hydrogens is 146 g/mol. The fraction of sp³-hybridized carbons (Fsp3) is 1.00. The van der Waals surface area contributed by atoms with Crippen molar-refractivity contribution in [2.75, 3.05) is 0 Å². The molecule has 2 N–H and O–H groups in total. The van der Waals surface area contributed by atoms with Crippen molar-refractivity contribution in [2.45, 2.75) is 66.3 Å². The minimum absolute atomic E-state index is 0.520. The van der Waals surface area contributed by atoms with E-state index < -0.39 is 0 Å². The molecule has 0 aromatic carbocycles. The molecule has 1 rings (SSSR count). The van der Waals surface area contributed by atoms with Crippen molar-refractivity contribution in [1.29, 1.82) is 0 Å². The fourth-order valence-corrected chi connectivity index (χ4v) is 1.29. The van der Waals surface area contributed by atoms with Crippen LogP contribution in [0.15, 0.2) is 0 Å². The van der Waals surface area contributed by atoms with Crippen LogP contribution >= 0.6 is 0 Å². The highest BCUT2D eigenvalue weighted by Gasteiger charge is 2.13. The van der Waals surface area contributed by atoms with Gasteiger partial charge in [-0.25, -0.2) is 0 Å². The molecule has 12 heavy (non-hydrogen) atoms. The van der Waals surface area contributed by atoms with Gasteiger partial charge in [0.05, 0.1) is 0 Å². The van der Waals surface area contributed by atoms with E-state index >= 15 is 0 Å². The summed E-state index contributed by atoms with van der Waals surface area (Å²) in [4.78, 5) is 0. The molecule has 0 heterocycles. The van der Waals surface area contributed by atoms with Gasteiger partial charge in [0.15, 0.2) is 0 Å². The zero-order valence-corrected chi connectivity index (χ0v) is 9.56. The van der Waals surface area contributed by atoms with Crippen LogP contribution in [0.5, 0.6) is 0 Å². The van der Waals surface area contributed by atoms with Crippen molar-refractivity contribution in [3.63, 3.8) is 0 Å². The molecule has 0 aromatic rings. The van der Waals surface area contributed by atoms with Crippen LogP contribution in [0.25, 0.3) is 0 Å². The smallest absolute Gasteiger partial charge is 0.00390 e. The van der Waals surface area contributed by atoms with E-state index in [1.807, 2.05) is 27.7 Å². The highest BCUT2D eigenvalue weighted by Crippen LogP contribution is 2.21. The van der Waals surface area contributed by atoms with Crippen LogP contribution in [0.2, 0.25) is 0 Å². The van der Waals surface area contributed by atoms with Crippen LogP contribution in [0.4, 0.5) is 0 Å². The number of hydrogen-bond donors (Lipinski definition) is 1. The first-order valence-corrected chi connectivity index (χ1v) is 5.54. The van der Waals surface area contributed by atoms with Gasteiger partial charge in [0.25, 0.3) is 0 Å². The van der Waals surface area contributed by atoms with Gasteiger partial charge >= 0.3 is 0 Å². The lowest BCUT2D eigenvalue weighted by atomic mass is 9.88. The Labute approximate surface area is 78.7 Å². The Hall–Kier alpha value is -0.0400. The van der Waals surface area contributed by atoms with Gasteiger partial charge in [0, 0.05) is 6.04 Å². The Kier molecular flexibility index (Phi) is 13.2. The second-order valence-corrected chi connectivity index (χ2v) is 3.02. The Morgan fingerprint density at radius 2 is 1.17 bits per heavy atom. The summed E-state index contributed by atoms with van der Waals surface area (Å²) in [5.41, 5.74) is 5.70. The van der Waals surface area contributed by atoms with Gasteiger partial charge in [-0.3, -0.25) is 0 Å². The van der Waals surface area contributed by atoms with Crippen molar-refractivity contribution >= 4 is 0 Å². The minimum Gasteiger partial charge on any atom is -0.328 e. The molecule has 1 saturated carbocycles. The molecule has 76 valence electrons. The van der Waals surface area contributed by atoms with Gasteiger partial charge < -0.3 is 5.73 Å². The molecule has 0 unspecified atom stereocenters. The van der Waals surface area contributed by atoms with Gasteiger partial charge in [0.1, 0.15) is 0 Å². The van der Waals surface area contributed by atoms with Crippen molar-refractivity contribution in [3.8, 4) is 0 Å². The molecular formula is C11H27N. The molecule has 1 nitrogen and oxygen atoms in total. The highest BCUT2D eigenvalue weighted by atomic mass is 14.6. The van der Waals surface area contributed by atoms with Gasteiger partial charge in [-0.2, -0.15) is 0 Å². The first-order chi connectivity index (χ1) is 5.79. The first-order valence-electron chi connectivity index (χ1n) is 5.54. The average Bonchev–Trinajstić information content (AvgIpc) is 2.17. The van der Waals surface area contributed by atoms with E-state index in [2.05, 4.69) is 6.92 Å². The van der Waals surface area contributed by atoms with Crippen LogP contribution in [-0.4, -0.2) is 6.04 Å². The molecule has 0 spiro atoms. The molecule has 1 heteroatoms. The van der Waals surface area contributed by atoms with Crippen molar-refractivity contribution in [1.82, 2.24) is 0 Å². The van der Waals surface area contributed by atoms with Crippen LogP contribution in [0.3, 0.4) is 0 Å². The van der Waals surface area contributed by atoms with E-state index in [4.69, 9.17) is 5.73 Å². The third kappa shape index (κ3) is 8.06. The van der Waals surface area contributed by atoms with Gasteiger partial charge in [0.2, 0.25) is 0 Å². The Bertz CT molecular complexity index is 53.4. The number of rotatable bonds is 0. The lowest BCUT2D eigenvalue weighted by Gasteiger charge is -2.22. The van der Waals surface area contributed by atoms with E-state index in [1.165, 1.54) is 25.7 Å². The highest BCUT2D eigenvalue weighted by molar-refractivity contribution is 4.70. The number of hydrogen-bond acceptors (Lipinski definition) is 1. The summed E-state index contributed by atoms with van der Waals surface area (Å²) >= 11 is 0. The normalized spacial score (nSPS) is 27.5. The summed E-state index contributed by atoms with van der Waals surface area (Å²) in [7, 11) is 0. The fourth-order valence-electron chi connectivity index (χ4n) is 1.29. The molecule has 0 radical (unpaired) electrons. The molecule has 0 atom stereocenters. The van der Waals surface area contributed by atoms with Crippen LogP contribution in [0, 0.1) is 5.92 Å². The Balaban J connectivity index is 0. The summed E-state index contributed by atoms with van der Waals surface area (Å²) in [6.45, 7) is 10.3. The minimum atomic E-state index is 0.520. The first kappa shape index (κ1) is 14.5. The lowest BCUT2D eigenvalue weighted by molar-refractivity contribution is 0.348. The Morgan fingerprint density at radius 1 is 0.833 bits per heavy atom. The molecule has 0 aliphatic heterocycles. The van der Waals surface area contributed by atoms with E-state index in [0.717, 1.165) is 5.92 Å². The predicted octanol–water partition coefficient (Wildman–Crippen LogP) is 3.58. The topological polar surface area (TPSA) is 26.0 Å². The predicted molar refractivity (Wildman–Crippen MR) is 58.3 cm³/mol. The van der Waals surface area contributed by atoms with Crippen molar-refractivity contribution in [2.24, 2.45) is 11.7 Å². The number of nitrogens with two attached hydrogens (primary N) is 1. The summed E-state index contributed by atoms with van der Waals surface area (Å²) < 4.78 is 0. The van der Waals surface area contributed by atoms with E-state index in [0.29, 0.717) is 6.04 Å². The quantitative estimate of drug-likeness (QED) is 0.595. The largest absolute Gasteiger partial charge is 0.328 e. The molecule has 1 aliphatic rings. The molecule has 1 aliphatic carbocycles. The molecule has 0 amide bonds. The van der Waals surface area contributed by atoms with Crippen LogP contribution < -0.4 is 5.73 Å². The van der Waals surface area contributed by atoms with E-state index in [9.17, 15) is 0 Å². The van der Waals surface area contributed by atoms with E-state index in [1.54, 1.807) is 0 Å². The zero-order chi connectivity index (χ0) is 9.98. The molecule has 0 aromatic heterocycles. The monoisotopic (exact) mass is 173 g/mol. The summed E-state index contributed by atoms with van der Waals surface area (Å²) in [5, 5.41) is 0. The third-order valence-corrected chi connectivity index (χ3v) is 2.06. The maximum absolute atomic E-state index is 5.70. The molecule has 0 bridgehead atoms. The van der Waals surface area contributed by atoms with E-state index in [-0.39, 0.29) is 0 Å². The van der Waals surface area contributed by atoms with Crippen LogP contribution in [-0.2, 0) is 0 Å². The lowest BCUT2D eigenvalue weighted by Crippen LogP contribution is -2.25. The average molecular weight is 173 g/mol. The summed E-state index contributed by atoms with van der Waals surface area (Å²) in [5.74, 6) is 0.940. The third-order valence-electron chi connectivity index (χ3n) is 2.06. The zero-order valence-electron chi connectivity index (χ0n) is 9.56. The van der Waals surface area contributed by atoms with Crippen LogP contribution in [0.1, 0.15) is 60.3 Å². The SMILES string of the molecule is CC.CC.CC1CCC(N)CC1. The molecule has 0 saturated heterocycles. The summed E-state index contributed by atoms with van der Waals surface area (Å²) in [6.07, 6.45) is 5.20.